The van der Waals surface area contributed by atoms with Gasteiger partial charge in [0, 0.05) is 29.3 Å². The molecule has 1 aliphatic rings. The smallest absolute Gasteiger partial charge is 0.312 e. The van der Waals surface area contributed by atoms with Crippen molar-refractivity contribution in [3.05, 3.63) is 46.7 Å². The number of carbonyl (C=O) groups is 2. The SMILES string of the molecule is NC(=O)NC(CC(=O)Nc1cccc(N2CCOCC2)c1)c1cccs1. The molecule has 1 aliphatic heterocycles. The number of nitrogens with one attached hydrogen (secondary N) is 2. The van der Waals surface area contributed by atoms with Gasteiger partial charge in [-0.2, -0.15) is 0 Å². The lowest BCUT2D eigenvalue weighted by Gasteiger charge is -2.29. The Labute approximate surface area is 156 Å². The molecule has 26 heavy (non-hydrogen) atoms. The van der Waals surface area contributed by atoms with Crippen molar-refractivity contribution in [2.45, 2.75) is 12.5 Å². The molecule has 7 nitrogen and oxygen atoms in total. The first-order valence-electron chi connectivity index (χ1n) is 8.44. The van der Waals surface area contributed by atoms with Gasteiger partial charge in [0.15, 0.2) is 0 Å². The Balaban J connectivity index is 1.64. The van der Waals surface area contributed by atoms with Gasteiger partial charge in [0.2, 0.25) is 5.91 Å². The maximum Gasteiger partial charge on any atom is 0.312 e. The summed E-state index contributed by atoms with van der Waals surface area (Å²) in [5.74, 6) is -0.184. The van der Waals surface area contributed by atoms with E-state index < -0.39 is 12.1 Å². The average molecular weight is 374 g/mol. The summed E-state index contributed by atoms with van der Waals surface area (Å²) in [4.78, 5) is 26.8. The number of anilines is 2. The van der Waals surface area contributed by atoms with Crippen molar-refractivity contribution in [1.82, 2.24) is 5.32 Å². The molecule has 3 rings (SSSR count). The summed E-state index contributed by atoms with van der Waals surface area (Å²) >= 11 is 1.47. The van der Waals surface area contributed by atoms with Crippen LogP contribution in [-0.2, 0) is 9.53 Å². The standard InChI is InChI=1S/C18H22N4O3S/c19-18(24)21-15(16-5-2-10-26-16)12-17(23)20-13-3-1-4-14(11-13)22-6-8-25-9-7-22/h1-5,10-11,15H,6-9,12H2,(H,20,23)(H3,19,21,24). The number of primary amides is 1. The molecule has 8 heteroatoms. The summed E-state index contributed by atoms with van der Waals surface area (Å²) in [6, 6.07) is 10.4. The third kappa shape index (κ3) is 4.96. The Morgan fingerprint density at radius 3 is 2.73 bits per heavy atom. The minimum absolute atomic E-state index is 0.116. The van der Waals surface area contributed by atoms with Crippen LogP contribution in [0.1, 0.15) is 17.3 Å². The molecule has 4 N–H and O–H groups in total. The van der Waals surface area contributed by atoms with Gasteiger partial charge in [0.25, 0.3) is 0 Å². The summed E-state index contributed by atoms with van der Waals surface area (Å²) in [5, 5.41) is 7.43. The van der Waals surface area contributed by atoms with Crippen LogP contribution in [0.3, 0.4) is 0 Å². The lowest BCUT2D eigenvalue weighted by molar-refractivity contribution is -0.116. The zero-order valence-corrected chi connectivity index (χ0v) is 15.1. The topological polar surface area (TPSA) is 96.7 Å². The highest BCUT2D eigenvalue weighted by Crippen LogP contribution is 2.24. The van der Waals surface area contributed by atoms with Crippen LogP contribution in [0.25, 0.3) is 0 Å². The molecule has 1 aromatic carbocycles. The summed E-state index contributed by atoms with van der Waals surface area (Å²) < 4.78 is 5.37. The van der Waals surface area contributed by atoms with Crippen molar-refractivity contribution in [3.8, 4) is 0 Å². The van der Waals surface area contributed by atoms with E-state index >= 15 is 0 Å². The van der Waals surface area contributed by atoms with Crippen LogP contribution >= 0.6 is 11.3 Å². The fraction of sp³-hybridized carbons (Fsp3) is 0.333. The average Bonchev–Trinajstić information content (AvgIpc) is 3.16. The van der Waals surface area contributed by atoms with Gasteiger partial charge >= 0.3 is 6.03 Å². The largest absolute Gasteiger partial charge is 0.378 e. The normalized spacial score (nSPS) is 15.3. The van der Waals surface area contributed by atoms with Crippen molar-refractivity contribution in [2.24, 2.45) is 5.73 Å². The number of urea groups is 1. The highest BCUT2D eigenvalue weighted by Gasteiger charge is 2.19. The van der Waals surface area contributed by atoms with Gasteiger partial charge in [-0.15, -0.1) is 11.3 Å². The molecule has 2 heterocycles. The van der Waals surface area contributed by atoms with E-state index in [2.05, 4.69) is 15.5 Å². The number of carbonyl (C=O) groups excluding carboxylic acids is 2. The van der Waals surface area contributed by atoms with Crippen LogP contribution in [0.15, 0.2) is 41.8 Å². The van der Waals surface area contributed by atoms with Gasteiger partial charge < -0.3 is 26.0 Å². The summed E-state index contributed by atoms with van der Waals surface area (Å²) in [6.07, 6.45) is 0.116. The van der Waals surface area contributed by atoms with E-state index in [9.17, 15) is 9.59 Å². The maximum absolute atomic E-state index is 12.5. The van der Waals surface area contributed by atoms with Crippen molar-refractivity contribution in [2.75, 3.05) is 36.5 Å². The number of morpholine rings is 1. The zero-order valence-electron chi connectivity index (χ0n) is 14.3. The van der Waals surface area contributed by atoms with Gasteiger partial charge in [0.05, 0.1) is 25.7 Å². The second-order valence-electron chi connectivity index (χ2n) is 5.98. The van der Waals surface area contributed by atoms with Gasteiger partial charge in [-0.05, 0) is 29.6 Å². The number of hydrogen-bond donors (Lipinski definition) is 3. The number of amides is 3. The number of nitrogens with two attached hydrogens (primary N) is 1. The molecular formula is C18H22N4O3S. The molecule has 1 fully saturated rings. The molecule has 0 spiro atoms. The van der Waals surface area contributed by atoms with Crippen molar-refractivity contribution in [3.63, 3.8) is 0 Å². The molecule has 0 aliphatic carbocycles. The van der Waals surface area contributed by atoms with Crippen molar-refractivity contribution < 1.29 is 14.3 Å². The third-order valence-corrected chi connectivity index (χ3v) is 5.08. The van der Waals surface area contributed by atoms with Crippen LogP contribution in [0.4, 0.5) is 16.2 Å². The van der Waals surface area contributed by atoms with Gasteiger partial charge in [0.1, 0.15) is 0 Å². The van der Waals surface area contributed by atoms with E-state index in [1.165, 1.54) is 11.3 Å². The van der Waals surface area contributed by atoms with Crippen LogP contribution in [0.2, 0.25) is 0 Å². The molecule has 0 radical (unpaired) electrons. The fourth-order valence-electron chi connectivity index (χ4n) is 2.88. The van der Waals surface area contributed by atoms with E-state index in [1.54, 1.807) is 0 Å². The Kier molecular flexibility index (Phi) is 6.08. The molecule has 3 amide bonds. The predicted octanol–water partition coefficient (Wildman–Crippen LogP) is 2.32. The molecule has 2 aromatic rings. The monoisotopic (exact) mass is 374 g/mol. The molecule has 0 bridgehead atoms. The third-order valence-electron chi connectivity index (χ3n) is 4.10. The molecule has 138 valence electrons. The molecule has 1 saturated heterocycles. The Bertz CT molecular complexity index is 745. The van der Waals surface area contributed by atoms with Crippen molar-refractivity contribution >= 4 is 34.6 Å². The van der Waals surface area contributed by atoms with E-state index in [4.69, 9.17) is 10.5 Å². The molecule has 1 atom stereocenters. The maximum atomic E-state index is 12.5. The van der Waals surface area contributed by atoms with Gasteiger partial charge in [-0.25, -0.2) is 4.79 Å². The molecule has 1 unspecified atom stereocenters. The highest BCUT2D eigenvalue weighted by molar-refractivity contribution is 7.10. The minimum Gasteiger partial charge on any atom is -0.378 e. The summed E-state index contributed by atoms with van der Waals surface area (Å²) in [5.41, 5.74) is 7.01. The predicted molar refractivity (Wildman–Crippen MR) is 102 cm³/mol. The van der Waals surface area contributed by atoms with Crippen LogP contribution in [0.5, 0.6) is 0 Å². The number of hydrogen-bond acceptors (Lipinski definition) is 5. The first kappa shape index (κ1) is 18.2. The van der Waals surface area contributed by atoms with E-state index in [0.29, 0.717) is 13.2 Å². The second kappa shape index (κ2) is 8.68. The number of benzene rings is 1. The second-order valence-corrected chi connectivity index (χ2v) is 6.96. The first-order chi connectivity index (χ1) is 12.6. The Morgan fingerprint density at radius 1 is 1.23 bits per heavy atom. The number of ether oxygens (including phenoxy) is 1. The van der Waals surface area contributed by atoms with Crippen LogP contribution < -0.4 is 21.3 Å². The van der Waals surface area contributed by atoms with Crippen LogP contribution in [-0.4, -0.2) is 38.2 Å². The van der Waals surface area contributed by atoms with Crippen LogP contribution in [0, 0.1) is 0 Å². The van der Waals surface area contributed by atoms with Gasteiger partial charge in [-0.1, -0.05) is 12.1 Å². The zero-order chi connectivity index (χ0) is 18.4. The first-order valence-corrected chi connectivity index (χ1v) is 9.32. The molecule has 1 aromatic heterocycles. The van der Waals surface area contributed by atoms with E-state index in [-0.39, 0.29) is 12.3 Å². The highest BCUT2D eigenvalue weighted by atomic mass is 32.1. The summed E-state index contributed by atoms with van der Waals surface area (Å²) in [7, 11) is 0. The quantitative estimate of drug-likeness (QED) is 0.723. The summed E-state index contributed by atoms with van der Waals surface area (Å²) in [6.45, 7) is 3.08. The lowest BCUT2D eigenvalue weighted by atomic mass is 10.1. The fourth-order valence-corrected chi connectivity index (χ4v) is 3.66. The Hall–Kier alpha value is -2.58. The number of rotatable bonds is 6. The van der Waals surface area contributed by atoms with Gasteiger partial charge in [-0.3, -0.25) is 4.79 Å². The Morgan fingerprint density at radius 2 is 2.04 bits per heavy atom. The molecular weight excluding hydrogens is 352 g/mol. The molecule has 0 saturated carbocycles. The van der Waals surface area contributed by atoms with E-state index in [0.717, 1.165) is 29.3 Å². The minimum atomic E-state index is -0.648. The van der Waals surface area contributed by atoms with Crippen molar-refractivity contribution in [1.29, 1.82) is 0 Å². The van der Waals surface area contributed by atoms with E-state index in [1.807, 2.05) is 41.8 Å². The number of thiophene rings is 1. The number of nitrogens with zero attached hydrogens (tertiary/aromatic N) is 1. The lowest BCUT2D eigenvalue weighted by Crippen LogP contribution is -2.36.